The van der Waals surface area contributed by atoms with Crippen LogP contribution in [0.3, 0.4) is 0 Å². The molecule has 0 aromatic heterocycles. The Labute approximate surface area is 133 Å². The number of benzene rings is 2. The number of halogens is 5. The van der Waals surface area contributed by atoms with Crippen molar-refractivity contribution in [2.45, 2.75) is 18.7 Å². The Morgan fingerprint density at radius 2 is 1.62 bits per heavy atom. The highest BCUT2D eigenvalue weighted by Gasteiger charge is 2.34. The molecule has 0 radical (unpaired) electrons. The molecule has 0 unspecified atom stereocenters. The van der Waals surface area contributed by atoms with Crippen molar-refractivity contribution in [2.75, 3.05) is 0 Å². The molecule has 2 aromatic carbocycles. The average Bonchev–Trinajstić information content (AvgIpc) is 2.45. The van der Waals surface area contributed by atoms with Crippen LogP contribution in [0, 0.1) is 0 Å². The van der Waals surface area contributed by atoms with Crippen LogP contribution < -0.4 is 4.74 Å². The van der Waals surface area contributed by atoms with Crippen molar-refractivity contribution >= 4 is 27.5 Å². The monoisotopic (exact) mass is 378 g/mol. The highest BCUT2D eigenvalue weighted by atomic mass is 79.9. The molecular formula is C15H11BrClF3O. The normalized spacial score (nSPS) is 11.5. The minimum Gasteiger partial charge on any atom is -0.488 e. The van der Waals surface area contributed by atoms with Crippen LogP contribution >= 0.6 is 27.5 Å². The topological polar surface area (TPSA) is 9.23 Å². The molecule has 0 saturated carbocycles. The second-order valence-corrected chi connectivity index (χ2v) is 5.56. The predicted octanol–water partition coefficient (Wildman–Crippen LogP) is 5.79. The quantitative estimate of drug-likeness (QED) is 0.611. The van der Waals surface area contributed by atoms with Gasteiger partial charge in [-0.3, -0.25) is 0 Å². The standard InChI is InChI=1S/C15H11BrClF3O/c16-12-4-1-10(2-5-12)9-21-14-6-3-11(8-17)7-13(14)15(18,19)20/h1-7H,8-9H2. The summed E-state index contributed by atoms with van der Waals surface area (Å²) in [6.07, 6.45) is -4.48. The number of alkyl halides is 4. The van der Waals surface area contributed by atoms with E-state index in [-0.39, 0.29) is 18.2 Å². The van der Waals surface area contributed by atoms with Gasteiger partial charge in [-0.15, -0.1) is 11.6 Å². The largest absolute Gasteiger partial charge is 0.488 e. The maximum Gasteiger partial charge on any atom is 0.419 e. The van der Waals surface area contributed by atoms with Crippen LogP contribution in [0.15, 0.2) is 46.9 Å². The zero-order valence-electron chi connectivity index (χ0n) is 10.8. The molecule has 0 saturated heterocycles. The summed E-state index contributed by atoms with van der Waals surface area (Å²) in [6.45, 7) is 0.0661. The van der Waals surface area contributed by atoms with Crippen molar-refractivity contribution in [2.24, 2.45) is 0 Å². The van der Waals surface area contributed by atoms with Gasteiger partial charge in [0.1, 0.15) is 12.4 Å². The molecule has 0 bridgehead atoms. The summed E-state index contributed by atoms with van der Waals surface area (Å²) in [5.74, 6) is -0.171. The first kappa shape index (κ1) is 16.2. The molecule has 1 nitrogen and oxygen atoms in total. The molecule has 0 aliphatic carbocycles. The molecule has 6 heteroatoms. The lowest BCUT2D eigenvalue weighted by molar-refractivity contribution is -0.139. The molecule has 0 N–H and O–H groups in total. The first-order chi connectivity index (χ1) is 9.90. The van der Waals surface area contributed by atoms with Crippen molar-refractivity contribution in [3.05, 3.63) is 63.6 Å². The van der Waals surface area contributed by atoms with Gasteiger partial charge in [-0.05, 0) is 35.4 Å². The van der Waals surface area contributed by atoms with E-state index in [1.165, 1.54) is 12.1 Å². The van der Waals surface area contributed by atoms with Gasteiger partial charge in [-0.1, -0.05) is 34.1 Å². The van der Waals surface area contributed by atoms with E-state index < -0.39 is 11.7 Å². The molecule has 0 fully saturated rings. The van der Waals surface area contributed by atoms with Crippen LogP contribution in [0.5, 0.6) is 5.75 Å². The summed E-state index contributed by atoms with van der Waals surface area (Å²) in [6, 6.07) is 11.0. The molecule has 112 valence electrons. The number of hydrogen-bond donors (Lipinski definition) is 0. The van der Waals surface area contributed by atoms with Crippen LogP contribution in [-0.4, -0.2) is 0 Å². The Kier molecular flexibility index (Phi) is 5.17. The van der Waals surface area contributed by atoms with Crippen molar-refractivity contribution in [1.29, 1.82) is 0 Å². The zero-order valence-corrected chi connectivity index (χ0v) is 13.1. The Bertz CT molecular complexity index is 611. The summed E-state index contributed by atoms with van der Waals surface area (Å²) < 4.78 is 45.3. The van der Waals surface area contributed by atoms with Crippen molar-refractivity contribution in [3.63, 3.8) is 0 Å². The van der Waals surface area contributed by atoms with Gasteiger partial charge < -0.3 is 4.74 Å². The second kappa shape index (κ2) is 6.71. The molecule has 0 heterocycles. The lowest BCUT2D eigenvalue weighted by Gasteiger charge is -2.15. The molecule has 2 aromatic rings. The van der Waals surface area contributed by atoms with Gasteiger partial charge in [-0.2, -0.15) is 13.2 Å². The summed E-state index contributed by atoms with van der Waals surface area (Å²) in [7, 11) is 0. The Morgan fingerprint density at radius 3 is 2.19 bits per heavy atom. The molecule has 0 aliphatic heterocycles. The van der Waals surface area contributed by atoms with E-state index in [0.717, 1.165) is 16.1 Å². The third-order valence-electron chi connectivity index (χ3n) is 2.81. The molecule has 0 atom stereocenters. The van der Waals surface area contributed by atoms with Gasteiger partial charge in [0.05, 0.1) is 5.56 Å². The van der Waals surface area contributed by atoms with Gasteiger partial charge in [0, 0.05) is 10.4 Å². The number of ether oxygens (including phenoxy) is 1. The van der Waals surface area contributed by atoms with E-state index in [1.807, 2.05) is 0 Å². The lowest BCUT2D eigenvalue weighted by Crippen LogP contribution is -2.09. The van der Waals surface area contributed by atoms with Crippen LogP contribution in [0.1, 0.15) is 16.7 Å². The summed E-state index contributed by atoms with van der Waals surface area (Å²) in [5.41, 5.74) is 0.380. The van der Waals surface area contributed by atoms with E-state index in [9.17, 15) is 13.2 Å². The smallest absolute Gasteiger partial charge is 0.419 e. The third kappa shape index (κ3) is 4.38. The molecule has 0 aliphatic rings. The van der Waals surface area contributed by atoms with E-state index >= 15 is 0 Å². The minimum atomic E-state index is -4.48. The van der Waals surface area contributed by atoms with Crippen molar-refractivity contribution in [3.8, 4) is 5.75 Å². The van der Waals surface area contributed by atoms with E-state index in [0.29, 0.717) is 5.56 Å². The molecule has 2 rings (SSSR count). The Balaban J connectivity index is 2.21. The fraction of sp³-hybridized carbons (Fsp3) is 0.200. The lowest BCUT2D eigenvalue weighted by atomic mass is 10.1. The van der Waals surface area contributed by atoms with Crippen molar-refractivity contribution < 1.29 is 17.9 Å². The predicted molar refractivity (Wildman–Crippen MR) is 79.5 cm³/mol. The number of hydrogen-bond acceptors (Lipinski definition) is 1. The van der Waals surface area contributed by atoms with Gasteiger partial charge in [-0.25, -0.2) is 0 Å². The SMILES string of the molecule is FC(F)(F)c1cc(CCl)ccc1OCc1ccc(Br)cc1. The van der Waals surface area contributed by atoms with Gasteiger partial charge in [0.2, 0.25) is 0 Å². The Hall–Kier alpha value is -1.20. The van der Waals surface area contributed by atoms with Crippen LogP contribution in [0.25, 0.3) is 0 Å². The second-order valence-electron chi connectivity index (χ2n) is 4.38. The average molecular weight is 380 g/mol. The van der Waals surface area contributed by atoms with Crippen LogP contribution in [0.4, 0.5) is 13.2 Å². The highest BCUT2D eigenvalue weighted by molar-refractivity contribution is 9.10. The van der Waals surface area contributed by atoms with Crippen molar-refractivity contribution in [1.82, 2.24) is 0 Å². The summed E-state index contributed by atoms with van der Waals surface area (Å²) >= 11 is 8.87. The van der Waals surface area contributed by atoms with Gasteiger partial charge in [0.25, 0.3) is 0 Å². The zero-order chi connectivity index (χ0) is 15.5. The maximum absolute atomic E-state index is 13.0. The fourth-order valence-corrected chi connectivity index (χ4v) is 2.18. The van der Waals surface area contributed by atoms with E-state index in [2.05, 4.69) is 15.9 Å². The Morgan fingerprint density at radius 1 is 1.00 bits per heavy atom. The fourth-order valence-electron chi connectivity index (χ4n) is 1.75. The minimum absolute atomic E-state index is 0.0239. The number of rotatable bonds is 4. The van der Waals surface area contributed by atoms with Gasteiger partial charge >= 0.3 is 6.18 Å². The summed E-state index contributed by atoms with van der Waals surface area (Å²) in [4.78, 5) is 0. The first-order valence-electron chi connectivity index (χ1n) is 6.03. The highest BCUT2D eigenvalue weighted by Crippen LogP contribution is 2.37. The molecule has 21 heavy (non-hydrogen) atoms. The maximum atomic E-state index is 13.0. The van der Waals surface area contributed by atoms with Gasteiger partial charge in [0.15, 0.2) is 0 Å². The van der Waals surface area contributed by atoms with E-state index in [1.54, 1.807) is 24.3 Å². The van der Waals surface area contributed by atoms with Crippen LogP contribution in [-0.2, 0) is 18.7 Å². The first-order valence-corrected chi connectivity index (χ1v) is 7.36. The van der Waals surface area contributed by atoms with E-state index in [4.69, 9.17) is 16.3 Å². The van der Waals surface area contributed by atoms with Crippen LogP contribution in [0.2, 0.25) is 0 Å². The molecule has 0 spiro atoms. The molecule has 0 amide bonds. The molecular weight excluding hydrogens is 369 g/mol. The summed E-state index contributed by atoms with van der Waals surface area (Å²) in [5, 5.41) is 0. The third-order valence-corrected chi connectivity index (χ3v) is 3.65.